The first-order chi connectivity index (χ1) is 16.2. The van der Waals surface area contributed by atoms with Gasteiger partial charge >= 0.3 is 0 Å². The number of rotatable bonds is 9. The van der Waals surface area contributed by atoms with Crippen LogP contribution in [0, 0.1) is 5.82 Å². The van der Waals surface area contributed by atoms with E-state index in [1.54, 1.807) is 12.1 Å². The Hall–Kier alpha value is -3.22. The lowest BCUT2D eigenvalue weighted by atomic mass is 10.0. The Morgan fingerprint density at radius 2 is 1.64 bits per heavy atom. The molecule has 0 aromatic heterocycles. The maximum atomic E-state index is 13.2. The lowest BCUT2D eigenvalue weighted by Gasteiger charge is -2.26. The quantitative estimate of drug-likeness (QED) is 0.536. The van der Waals surface area contributed by atoms with Crippen LogP contribution in [0.1, 0.15) is 11.1 Å². The van der Waals surface area contributed by atoms with E-state index >= 15 is 0 Å². The minimum Gasteiger partial charge on any atom is -0.492 e. The monoisotopic (exact) mass is 448 g/mol. The topological polar surface area (TPSA) is 50.8 Å². The summed E-state index contributed by atoms with van der Waals surface area (Å²) in [6, 6.07) is 22.3. The molecule has 0 spiro atoms. The van der Waals surface area contributed by atoms with Gasteiger partial charge in [-0.1, -0.05) is 48.5 Å². The first kappa shape index (κ1) is 23.0. The summed E-state index contributed by atoms with van der Waals surface area (Å²) < 4.78 is 24.5. The van der Waals surface area contributed by atoms with Crippen molar-refractivity contribution in [2.45, 2.75) is 13.0 Å². The van der Waals surface area contributed by atoms with Gasteiger partial charge in [-0.3, -0.25) is 9.69 Å². The summed E-state index contributed by atoms with van der Waals surface area (Å²) in [5.74, 6) is 0.467. The van der Waals surface area contributed by atoms with E-state index in [4.69, 9.17) is 9.47 Å². The molecule has 1 fully saturated rings. The number of morpholine rings is 1. The van der Waals surface area contributed by atoms with Gasteiger partial charge in [0.25, 0.3) is 0 Å². The van der Waals surface area contributed by atoms with Crippen molar-refractivity contribution in [3.8, 4) is 16.9 Å². The molecule has 1 aliphatic rings. The standard InChI is InChI=1S/C27H29FN2O3/c28-25-3-1-2-22(18-25)20-29-27(31)19-21-4-6-23(7-5-21)24-8-10-26(11-9-24)33-17-14-30-12-15-32-16-13-30/h1-11,18H,12-17,19-20H2,(H,29,31). The summed E-state index contributed by atoms with van der Waals surface area (Å²) in [4.78, 5) is 14.6. The molecular weight excluding hydrogens is 419 g/mol. The van der Waals surface area contributed by atoms with E-state index in [9.17, 15) is 9.18 Å². The highest BCUT2D eigenvalue weighted by Crippen LogP contribution is 2.23. The zero-order valence-electron chi connectivity index (χ0n) is 18.6. The van der Waals surface area contributed by atoms with Crippen molar-refractivity contribution >= 4 is 5.91 Å². The van der Waals surface area contributed by atoms with E-state index < -0.39 is 0 Å². The van der Waals surface area contributed by atoms with E-state index in [0.29, 0.717) is 13.2 Å². The number of halogens is 1. The molecule has 3 aromatic rings. The van der Waals surface area contributed by atoms with Crippen molar-refractivity contribution in [1.29, 1.82) is 0 Å². The second kappa shape index (κ2) is 11.6. The van der Waals surface area contributed by atoms with E-state index in [1.807, 2.05) is 48.5 Å². The normalized spacial score (nSPS) is 14.1. The number of carbonyl (C=O) groups excluding carboxylic acids is 1. The van der Waals surface area contributed by atoms with Crippen LogP contribution < -0.4 is 10.1 Å². The lowest BCUT2D eigenvalue weighted by molar-refractivity contribution is -0.120. The van der Waals surface area contributed by atoms with Crippen LogP contribution in [0.4, 0.5) is 4.39 Å². The predicted octanol–water partition coefficient (Wildman–Crippen LogP) is 4.06. The summed E-state index contributed by atoms with van der Waals surface area (Å²) in [7, 11) is 0. The largest absolute Gasteiger partial charge is 0.492 e. The van der Waals surface area contributed by atoms with Crippen molar-refractivity contribution in [2.75, 3.05) is 39.5 Å². The van der Waals surface area contributed by atoms with Crippen LogP contribution >= 0.6 is 0 Å². The van der Waals surface area contributed by atoms with E-state index in [-0.39, 0.29) is 18.1 Å². The molecule has 0 unspecified atom stereocenters. The summed E-state index contributed by atoms with van der Waals surface area (Å²) in [6.45, 7) is 5.41. The van der Waals surface area contributed by atoms with Gasteiger partial charge in [-0.2, -0.15) is 0 Å². The number of benzene rings is 3. The molecule has 0 aliphatic carbocycles. The van der Waals surface area contributed by atoms with E-state index in [0.717, 1.165) is 60.9 Å². The molecule has 0 bridgehead atoms. The van der Waals surface area contributed by atoms with Crippen molar-refractivity contribution in [1.82, 2.24) is 10.2 Å². The average Bonchev–Trinajstić information content (AvgIpc) is 2.85. The number of ether oxygens (including phenoxy) is 2. The second-order valence-electron chi connectivity index (χ2n) is 8.11. The molecular formula is C27H29FN2O3. The Morgan fingerprint density at radius 3 is 2.33 bits per heavy atom. The fourth-order valence-electron chi connectivity index (χ4n) is 3.77. The Kier molecular flexibility index (Phi) is 8.06. The minimum absolute atomic E-state index is 0.0920. The zero-order valence-corrected chi connectivity index (χ0v) is 18.6. The first-order valence-corrected chi connectivity index (χ1v) is 11.3. The highest BCUT2D eigenvalue weighted by molar-refractivity contribution is 5.78. The average molecular weight is 449 g/mol. The van der Waals surface area contributed by atoms with Crippen LogP contribution in [-0.2, 0) is 22.5 Å². The van der Waals surface area contributed by atoms with Gasteiger partial charge in [0.15, 0.2) is 0 Å². The molecule has 1 heterocycles. The summed E-state index contributed by atoms with van der Waals surface area (Å²) in [6.07, 6.45) is 0.283. The molecule has 1 N–H and O–H groups in total. The third-order valence-corrected chi connectivity index (χ3v) is 5.66. The molecule has 4 rings (SSSR count). The highest BCUT2D eigenvalue weighted by Gasteiger charge is 2.10. The lowest BCUT2D eigenvalue weighted by Crippen LogP contribution is -2.38. The third-order valence-electron chi connectivity index (χ3n) is 5.66. The molecule has 33 heavy (non-hydrogen) atoms. The predicted molar refractivity (Wildman–Crippen MR) is 127 cm³/mol. The van der Waals surface area contributed by atoms with Gasteiger partial charge in [0.1, 0.15) is 18.2 Å². The number of hydrogen-bond donors (Lipinski definition) is 1. The van der Waals surface area contributed by atoms with Crippen molar-refractivity contribution < 1.29 is 18.7 Å². The van der Waals surface area contributed by atoms with Gasteiger partial charge in [0.05, 0.1) is 19.6 Å². The smallest absolute Gasteiger partial charge is 0.224 e. The van der Waals surface area contributed by atoms with Crippen LogP contribution in [0.3, 0.4) is 0 Å². The Morgan fingerprint density at radius 1 is 0.939 bits per heavy atom. The first-order valence-electron chi connectivity index (χ1n) is 11.3. The molecule has 172 valence electrons. The molecule has 5 nitrogen and oxygen atoms in total. The van der Waals surface area contributed by atoms with Crippen LogP contribution in [0.2, 0.25) is 0 Å². The van der Waals surface area contributed by atoms with Gasteiger partial charge < -0.3 is 14.8 Å². The van der Waals surface area contributed by atoms with Crippen LogP contribution in [0.15, 0.2) is 72.8 Å². The van der Waals surface area contributed by atoms with Gasteiger partial charge in [0, 0.05) is 26.2 Å². The van der Waals surface area contributed by atoms with Crippen LogP contribution in [-0.4, -0.2) is 50.3 Å². The Labute approximate surface area is 194 Å². The molecule has 6 heteroatoms. The maximum absolute atomic E-state index is 13.2. The van der Waals surface area contributed by atoms with Gasteiger partial charge in [0.2, 0.25) is 5.91 Å². The fraction of sp³-hybridized carbons (Fsp3) is 0.296. The Bertz CT molecular complexity index is 1030. The van der Waals surface area contributed by atoms with E-state index in [1.165, 1.54) is 12.1 Å². The molecule has 0 atom stereocenters. The molecule has 1 saturated heterocycles. The number of hydrogen-bond acceptors (Lipinski definition) is 4. The highest BCUT2D eigenvalue weighted by atomic mass is 19.1. The van der Waals surface area contributed by atoms with Gasteiger partial charge in [-0.05, 0) is 46.5 Å². The fourth-order valence-corrected chi connectivity index (χ4v) is 3.77. The second-order valence-corrected chi connectivity index (χ2v) is 8.11. The molecule has 0 saturated carbocycles. The minimum atomic E-state index is -0.301. The van der Waals surface area contributed by atoms with Crippen LogP contribution in [0.25, 0.3) is 11.1 Å². The van der Waals surface area contributed by atoms with E-state index in [2.05, 4.69) is 10.2 Å². The Balaban J connectivity index is 1.23. The molecule has 1 aliphatic heterocycles. The SMILES string of the molecule is O=C(Cc1ccc(-c2ccc(OCCN3CCOCC3)cc2)cc1)NCc1cccc(F)c1. The van der Waals surface area contributed by atoms with Crippen molar-refractivity contribution in [2.24, 2.45) is 0 Å². The number of nitrogens with zero attached hydrogens (tertiary/aromatic N) is 1. The molecule has 3 aromatic carbocycles. The third kappa shape index (κ3) is 7.14. The summed E-state index contributed by atoms with van der Waals surface area (Å²) in [5.41, 5.74) is 3.85. The van der Waals surface area contributed by atoms with Gasteiger partial charge in [-0.25, -0.2) is 4.39 Å². The summed E-state index contributed by atoms with van der Waals surface area (Å²) >= 11 is 0. The maximum Gasteiger partial charge on any atom is 0.224 e. The number of nitrogens with one attached hydrogen (secondary N) is 1. The molecule has 0 radical (unpaired) electrons. The number of carbonyl (C=O) groups is 1. The van der Waals surface area contributed by atoms with Crippen molar-refractivity contribution in [3.05, 3.63) is 89.7 Å². The van der Waals surface area contributed by atoms with Crippen molar-refractivity contribution in [3.63, 3.8) is 0 Å². The van der Waals surface area contributed by atoms with Crippen LogP contribution in [0.5, 0.6) is 5.75 Å². The number of amides is 1. The van der Waals surface area contributed by atoms with Gasteiger partial charge in [-0.15, -0.1) is 0 Å². The molecule has 1 amide bonds. The zero-order chi connectivity index (χ0) is 22.9. The summed E-state index contributed by atoms with van der Waals surface area (Å²) in [5, 5.41) is 2.84.